The zero-order valence-electron chi connectivity index (χ0n) is 11.2. The molecule has 0 bridgehead atoms. The van der Waals surface area contributed by atoms with Gasteiger partial charge in [0.05, 0.1) is 21.6 Å². The Morgan fingerprint density at radius 2 is 1.95 bits per heavy atom. The van der Waals surface area contributed by atoms with Crippen LogP contribution in [0.4, 0.5) is 10.1 Å². The number of fused-ring (bicyclic) bond motifs is 1. The van der Waals surface area contributed by atoms with E-state index in [0.717, 1.165) is 23.9 Å². The van der Waals surface area contributed by atoms with Crippen molar-refractivity contribution in [2.75, 3.05) is 5.73 Å². The maximum atomic E-state index is 14.3. The maximum absolute atomic E-state index is 14.3. The zero-order chi connectivity index (χ0) is 14.6. The number of hydrogen-bond donors (Lipinski definition) is 1. The van der Waals surface area contributed by atoms with Crippen LogP contribution in [0.3, 0.4) is 0 Å². The van der Waals surface area contributed by atoms with E-state index in [1.54, 1.807) is 12.1 Å². The van der Waals surface area contributed by atoms with Crippen LogP contribution in [0.25, 0.3) is 22.4 Å². The smallest absolute Gasteiger partial charge is 0.146 e. The van der Waals surface area contributed by atoms with Crippen molar-refractivity contribution in [1.29, 1.82) is 0 Å². The van der Waals surface area contributed by atoms with E-state index in [2.05, 4.69) is 4.98 Å². The molecule has 21 heavy (non-hydrogen) atoms. The molecule has 0 spiro atoms. The van der Waals surface area contributed by atoms with Crippen molar-refractivity contribution in [3.8, 4) is 11.4 Å². The Balaban J connectivity index is 2.10. The highest BCUT2D eigenvalue weighted by Crippen LogP contribution is 2.44. The fourth-order valence-electron chi connectivity index (χ4n) is 2.75. The van der Waals surface area contributed by atoms with Gasteiger partial charge in [0.1, 0.15) is 11.6 Å². The maximum Gasteiger partial charge on any atom is 0.146 e. The van der Waals surface area contributed by atoms with Gasteiger partial charge in [0, 0.05) is 11.7 Å². The SMILES string of the molecule is Nc1cccc(F)c1-c1nc2cccc(Cl)c2n1C1CC1. The molecule has 5 heteroatoms. The first-order valence-electron chi connectivity index (χ1n) is 6.87. The van der Waals surface area contributed by atoms with Gasteiger partial charge < -0.3 is 10.3 Å². The Bertz CT molecular complexity index is 832. The molecule has 0 amide bonds. The molecule has 1 aliphatic rings. The second-order valence-electron chi connectivity index (χ2n) is 5.35. The Morgan fingerprint density at radius 3 is 2.67 bits per heavy atom. The summed E-state index contributed by atoms with van der Waals surface area (Å²) in [5.74, 6) is 0.208. The van der Waals surface area contributed by atoms with Crippen molar-refractivity contribution in [3.05, 3.63) is 47.2 Å². The van der Waals surface area contributed by atoms with Gasteiger partial charge in [-0.3, -0.25) is 0 Å². The van der Waals surface area contributed by atoms with Crippen LogP contribution in [0, 0.1) is 5.82 Å². The topological polar surface area (TPSA) is 43.8 Å². The lowest BCUT2D eigenvalue weighted by Crippen LogP contribution is -2.02. The molecule has 3 nitrogen and oxygen atoms in total. The van der Waals surface area contributed by atoms with E-state index in [1.807, 2.05) is 22.8 Å². The highest BCUT2D eigenvalue weighted by Gasteiger charge is 2.31. The fraction of sp³-hybridized carbons (Fsp3) is 0.188. The highest BCUT2D eigenvalue weighted by atomic mass is 35.5. The third-order valence-electron chi connectivity index (χ3n) is 3.84. The number of anilines is 1. The molecule has 2 aromatic carbocycles. The average Bonchev–Trinajstić information content (AvgIpc) is 3.20. The first-order chi connectivity index (χ1) is 10.2. The molecule has 1 saturated carbocycles. The molecular formula is C16H13ClFN3. The van der Waals surface area contributed by atoms with Gasteiger partial charge in [-0.1, -0.05) is 23.7 Å². The number of nitrogens with two attached hydrogens (primary N) is 1. The van der Waals surface area contributed by atoms with Crippen LogP contribution in [0.15, 0.2) is 36.4 Å². The molecule has 0 atom stereocenters. The summed E-state index contributed by atoms with van der Waals surface area (Å²) in [6.07, 6.45) is 2.11. The summed E-state index contributed by atoms with van der Waals surface area (Å²) in [4.78, 5) is 4.59. The van der Waals surface area contributed by atoms with Crippen molar-refractivity contribution >= 4 is 28.3 Å². The Morgan fingerprint density at radius 1 is 1.19 bits per heavy atom. The van der Waals surface area contributed by atoms with E-state index in [9.17, 15) is 4.39 Å². The standard InChI is InChI=1S/C16H13ClFN3/c17-10-3-1-6-13-15(10)21(9-7-8-9)16(20-13)14-11(18)4-2-5-12(14)19/h1-6,9H,7-8,19H2. The predicted octanol–water partition coefficient (Wildman–Crippen LogP) is 4.41. The molecule has 0 saturated heterocycles. The summed E-state index contributed by atoms with van der Waals surface area (Å²) >= 11 is 6.33. The second-order valence-corrected chi connectivity index (χ2v) is 5.76. The first kappa shape index (κ1) is 12.7. The molecule has 1 aliphatic carbocycles. The van der Waals surface area contributed by atoms with E-state index < -0.39 is 0 Å². The van der Waals surface area contributed by atoms with Gasteiger partial charge in [0.2, 0.25) is 0 Å². The van der Waals surface area contributed by atoms with E-state index in [-0.39, 0.29) is 5.82 Å². The summed E-state index contributed by atoms with van der Waals surface area (Å²) in [6.45, 7) is 0. The van der Waals surface area contributed by atoms with Crippen LogP contribution in [0.1, 0.15) is 18.9 Å². The summed E-state index contributed by atoms with van der Waals surface area (Å²) in [6, 6.07) is 10.6. The number of aromatic nitrogens is 2. The van der Waals surface area contributed by atoms with Gasteiger partial charge >= 0.3 is 0 Å². The van der Waals surface area contributed by atoms with Crippen LogP contribution in [0.2, 0.25) is 5.02 Å². The predicted molar refractivity (Wildman–Crippen MR) is 82.8 cm³/mol. The van der Waals surface area contributed by atoms with Gasteiger partial charge in [-0.15, -0.1) is 0 Å². The van der Waals surface area contributed by atoms with Crippen LogP contribution in [-0.2, 0) is 0 Å². The summed E-state index contributed by atoms with van der Waals surface area (Å²) in [5, 5.41) is 0.632. The molecule has 0 radical (unpaired) electrons. The van der Waals surface area contributed by atoms with Gasteiger partial charge in [-0.2, -0.15) is 0 Å². The Kier molecular flexibility index (Phi) is 2.69. The third kappa shape index (κ3) is 1.90. The lowest BCUT2D eigenvalue weighted by Gasteiger charge is -2.11. The highest BCUT2D eigenvalue weighted by molar-refractivity contribution is 6.35. The van der Waals surface area contributed by atoms with Gasteiger partial charge in [-0.25, -0.2) is 9.37 Å². The molecule has 1 fully saturated rings. The van der Waals surface area contributed by atoms with E-state index in [4.69, 9.17) is 17.3 Å². The minimum Gasteiger partial charge on any atom is -0.398 e. The molecule has 4 rings (SSSR count). The molecule has 1 aromatic heterocycles. The van der Waals surface area contributed by atoms with Crippen molar-refractivity contribution in [3.63, 3.8) is 0 Å². The van der Waals surface area contributed by atoms with Crippen LogP contribution in [-0.4, -0.2) is 9.55 Å². The van der Waals surface area contributed by atoms with E-state index in [1.165, 1.54) is 6.07 Å². The van der Waals surface area contributed by atoms with Gasteiger partial charge in [0.25, 0.3) is 0 Å². The van der Waals surface area contributed by atoms with Crippen molar-refractivity contribution in [1.82, 2.24) is 9.55 Å². The number of halogens is 2. The number of nitrogens with zero attached hydrogens (tertiary/aromatic N) is 2. The van der Waals surface area contributed by atoms with Gasteiger partial charge in [0.15, 0.2) is 0 Å². The quantitative estimate of drug-likeness (QED) is 0.712. The van der Waals surface area contributed by atoms with Crippen molar-refractivity contribution < 1.29 is 4.39 Å². The minimum absolute atomic E-state index is 0.323. The van der Waals surface area contributed by atoms with Crippen LogP contribution < -0.4 is 5.73 Å². The number of benzene rings is 2. The van der Waals surface area contributed by atoms with Crippen LogP contribution in [0.5, 0.6) is 0 Å². The summed E-state index contributed by atoms with van der Waals surface area (Å²) in [7, 11) is 0. The lowest BCUT2D eigenvalue weighted by molar-refractivity contribution is 0.628. The summed E-state index contributed by atoms with van der Waals surface area (Å²) in [5.41, 5.74) is 8.36. The number of nitrogen functional groups attached to an aromatic ring is 1. The Hall–Kier alpha value is -2.07. The number of rotatable bonds is 2. The second kappa shape index (κ2) is 4.46. The van der Waals surface area contributed by atoms with E-state index >= 15 is 0 Å². The number of imidazole rings is 1. The monoisotopic (exact) mass is 301 g/mol. The van der Waals surface area contributed by atoms with E-state index in [0.29, 0.717) is 28.1 Å². The first-order valence-corrected chi connectivity index (χ1v) is 7.25. The molecule has 0 aliphatic heterocycles. The molecule has 1 heterocycles. The number of para-hydroxylation sites is 1. The molecule has 106 valence electrons. The van der Waals surface area contributed by atoms with Crippen LogP contribution >= 0.6 is 11.6 Å². The molecule has 2 N–H and O–H groups in total. The lowest BCUT2D eigenvalue weighted by atomic mass is 10.1. The molecule has 3 aromatic rings. The van der Waals surface area contributed by atoms with Gasteiger partial charge in [-0.05, 0) is 37.1 Å². The molecular weight excluding hydrogens is 289 g/mol. The van der Waals surface area contributed by atoms with Crippen molar-refractivity contribution in [2.24, 2.45) is 0 Å². The van der Waals surface area contributed by atoms with Crippen molar-refractivity contribution in [2.45, 2.75) is 18.9 Å². The fourth-order valence-corrected chi connectivity index (χ4v) is 3.01. The largest absolute Gasteiger partial charge is 0.398 e. The third-order valence-corrected chi connectivity index (χ3v) is 4.15. The average molecular weight is 302 g/mol. The zero-order valence-corrected chi connectivity index (χ0v) is 11.9. The normalized spacial score (nSPS) is 14.8. The molecule has 0 unspecified atom stereocenters. The number of hydrogen-bond acceptors (Lipinski definition) is 2. The Labute approximate surface area is 126 Å². The summed E-state index contributed by atoms with van der Waals surface area (Å²) < 4.78 is 16.3. The minimum atomic E-state index is -0.358.